The molecule has 0 amide bonds. The fourth-order valence-electron chi connectivity index (χ4n) is 1.44. The van der Waals surface area contributed by atoms with Crippen LogP contribution in [0.15, 0.2) is 22.7 Å². The van der Waals surface area contributed by atoms with E-state index >= 15 is 0 Å². The number of hydrogen-bond donors (Lipinski definition) is 1. The summed E-state index contributed by atoms with van der Waals surface area (Å²) in [5.41, 5.74) is 1.95. The average molecular weight is 301 g/mol. The summed E-state index contributed by atoms with van der Waals surface area (Å²) in [7, 11) is 1.57. The number of rotatable bonds is 6. The minimum Gasteiger partial charge on any atom is -0.383 e. The Bertz CT molecular complexity index is 585. The summed E-state index contributed by atoms with van der Waals surface area (Å²) in [4.78, 5) is 16.9. The Morgan fingerprint density at radius 1 is 1.53 bits per heavy atom. The zero-order valence-corrected chi connectivity index (χ0v) is 11.9. The van der Waals surface area contributed by atoms with Crippen molar-refractivity contribution >= 4 is 28.6 Å². The van der Waals surface area contributed by atoms with E-state index in [-0.39, 0.29) is 10.6 Å². The Morgan fingerprint density at radius 2 is 2.37 bits per heavy atom. The normalized spacial score (nSPS) is 10.6. The third-order valence-corrected chi connectivity index (χ3v) is 3.57. The second kappa shape index (κ2) is 6.65. The molecule has 2 rings (SSSR count). The van der Waals surface area contributed by atoms with Crippen LogP contribution in [0.1, 0.15) is 4.88 Å². The maximum Gasteiger partial charge on any atom is 0.287 e. The number of aromatic nitrogens is 3. The molecular formula is C11H13ClN4O2S. The maximum absolute atomic E-state index is 11.9. The van der Waals surface area contributed by atoms with Gasteiger partial charge in [0.05, 0.1) is 37.1 Å². The highest BCUT2D eigenvalue weighted by molar-refractivity contribution is 7.09. The Balaban J connectivity index is 2.09. The zero-order chi connectivity index (χ0) is 13.7. The molecule has 0 fully saturated rings. The molecule has 19 heavy (non-hydrogen) atoms. The summed E-state index contributed by atoms with van der Waals surface area (Å²) < 4.78 is 6.18. The van der Waals surface area contributed by atoms with Gasteiger partial charge in [-0.3, -0.25) is 9.78 Å². The first-order chi connectivity index (χ1) is 9.22. The summed E-state index contributed by atoms with van der Waals surface area (Å²) in [5, 5.41) is 7.25. The molecule has 2 aromatic heterocycles. The van der Waals surface area contributed by atoms with Crippen molar-refractivity contribution in [2.45, 2.75) is 13.1 Å². The van der Waals surface area contributed by atoms with Gasteiger partial charge in [-0.25, -0.2) is 4.68 Å². The summed E-state index contributed by atoms with van der Waals surface area (Å²) in [6, 6.07) is 0. The van der Waals surface area contributed by atoms with Crippen molar-refractivity contribution in [2.75, 3.05) is 19.0 Å². The number of nitrogens with one attached hydrogen (secondary N) is 1. The van der Waals surface area contributed by atoms with Crippen molar-refractivity contribution in [3.8, 4) is 0 Å². The standard InChI is InChI=1S/C11H13ClN4O2S/c1-18-3-2-16-11(17)10(12)9(6-15-16)14-5-8-4-13-7-19-8/h4,6-7,14H,2-3,5H2,1H3. The highest BCUT2D eigenvalue weighted by atomic mass is 35.5. The van der Waals surface area contributed by atoms with E-state index in [1.165, 1.54) is 16.0 Å². The van der Waals surface area contributed by atoms with Crippen LogP contribution in [0.4, 0.5) is 5.69 Å². The number of nitrogens with zero attached hydrogens (tertiary/aromatic N) is 3. The van der Waals surface area contributed by atoms with Crippen LogP contribution in [0.3, 0.4) is 0 Å². The van der Waals surface area contributed by atoms with E-state index in [1.807, 2.05) is 0 Å². The van der Waals surface area contributed by atoms with Crippen molar-refractivity contribution in [3.05, 3.63) is 38.2 Å². The fraction of sp³-hybridized carbons (Fsp3) is 0.364. The molecule has 2 heterocycles. The van der Waals surface area contributed by atoms with Crippen molar-refractivity contribution in [2.24, 2.45) is 0 Å². The summed E-state index contributed by atoms with van der Waals surface area (Å²) in [5.74, 6) is 0. The Kier molecular flexibility index (Phi) is 4.89. The average Bonchev–Trinajstić information content (AvgIpc) is 2.92. The van der Waals surface area contributed by atoms with E-state index < -0.39 is 0 Å². The molecule has 0 aromatic carbocycles. The van der Waals surface area contributed by atoms with Crippen molar-refractivity contribution < 1.29 is 4.74 Å². The maximum atomic E-state index is 11.9. The SMILES string of the molecule is COCCn1ncc(NCc2cncs2)c(Cl)c1=O. The lowest BCUT2D eigenvalue weighted by Crippen LogP contribution is -2.26. The predicted molar refractivity (Wildman–Crippen MR) is 74.8 cm³/mol. The molecule has 1 N–H and O–H groups in total. The van der Waals surface area contributed by atoms with Crippen LogP contribution in [0.2, 0.25) is 5.02 Å². The molecule has 0 unspecified atom stereocenters. The topological polar surface area (TPSA) is 69.0 Å². The summed E-state index contributed by atoms with van der Waals surface area (Å²) >= 11 is 7.56. The van der Waals surface area contributed by atoms with Gasteiger partial charge in [0.1, 0.15) is 5.02 Å². The molecular weight excluding hydrogens is 288 g/mol. The van der Waals surface area contributed by atoms with E-state index in [4.69, 9.17) is 16.3 Å². The molecule has 2 aromatic rings. The highest BCUT2D eigenvalue weighted by Crippen LogP contribution is 2.17. The number of halogens is 1. The Labute approximate surface area is 119 Å². The Hall–Kier alpha value is -1.44. The third-order valence-electron chi connectivity index (χ3n) is 2.43. The summed E-state index contributed by atoms with van der Waals surface area (Å²) in [6.07, 6.45) is 3.30. The number of ether oxygens (including phenoxy) is 1. The second-order valence-electron chi connectivity index (χ2n) is 3.71. The minimum atomic E-state index is -0.326. The van der Waals surface area contributed by atoms with Gasteiger partial charge in [-0.1, -0.05) is 11.6 Å². The first-order valence-corrected chi connectivity index (χ1v) is 6.84. The number of hydrogen-bond acceptors (Lipinski definition) is 6. The Morgan fingerprint density at radius 3 is 3.05 bits per heavy atom. The molecule has 0 aliphatic rings. The smallest absolute Gasteiger partial charge is 0.287 e. The lowest BCUT2D eigenvalue weighted by Gasteiger charge is -2.09. The van der Waals surface area contributed by atoms with Gasteiger partial charge in [-0.05, 0) is 0 Å². The molecule has 0 aliphatic heterocycles. The van der Waals surface area contributed by atoms with Crippen LogP contribution in [0.5, 0.6) is 0 Å². The molecule has 0 bridgehead atoms. The predicted octanol–water partition coefficient (Wildman–Crippen LogP) is 1.61. The van der Waals surface area contributed by atoms with Crippen LogP contribution in [0.25, 0.3) is 0 Å². The van der Waals surface area contributed by atoms with Gasteiger partial charge >= 0.3 is 0 Å². The van der Waals surface area contributed by atoms with Crippen molar-refractivity contribution in [1.82, 2.24) is 14.8 Å². The quantitative estimate of drug-likeness (QED) is 0.878. The fourth-order valence-corrected chi connectivity index (χ4v) is 2.18. The van der Waals surface area contributed by atoms with E-state index in [0.717, 1.165) is 4.88 Å². The molecule has 0 spiro atoms. The van der Waals surface area contributed by atoms with Crippen molar-refractivity contribution in [1.29, 1.82) is 0 Å². The first kappa shape index (κ1) is 14.0. The molecule has 0 radical (unpaired) electrons. The number of anilines is 1. The van der Waals surface area contributed by atoms with Gasteiger partial charge in [-0.15, -0.1) is 11.3 Å². The zero-order valence-electron chi connectivity index (χ0n) is 10.3. The summed E-state index contributed by atoms with van der Waals surface area (Å²) in [6.45, 7) is 1.36. The largest absolute Gasteiger partial charge is 0.383 e. The van der Waals surface area contributed by atoms with Crippen molar-refractivity contribution in [3.63, 3.8) is 0 Å². The molecule has 0 aliphatic carbocycles. The number of thiazole rings is 1. The second-order valence-corrected chi connectivity index (χ2v) is 5.06. The monoisotopic (exact) mass is 300 g/mol. The van der Waals surface area contributed by atoms with Gasteiger partial charge in [-0.2, -0.15) is 5.10 Å². The van der Waals surface area contributed by atoms with Gasteiger partial charge in [0.25, 0.3) is 5.56 Å². The molecule has 8 heteroatoms. The van der Waals surface area contributed by atoms with E-state index in [0.29, 0.717) is 25.4 Å². The van der Waals surface area contributed by atoms with Gasteiger partial charge in [0.2, 0.25) is 0 Å². The van der Waals surface area contributed by atoms with E-state index in [1.54, 1.807) is 25.0 Å². The number of methoxy groups -OCH3 is 1. The lowest BCUT2D eigenvalue weighted by molar-refractivity contribution is 0.182. The molecule has 6 nitrogen and oxygen atoms in total. The third kappa shape index (κ3) is 3.52. The minimum absolute atomic E-state index is 0.135. The van der Waals surface area contributed by atoms with Gasteiger partial charge in [0.15, 0.2) is 0 Å². The van der Waals surface area contributed by atoms with E-state index in [9.17, 15) is 4.79 Å². The first-order valence-electron chi connectivity index (χ1n) is 5.58. The molecule has 0 atom stereocenters. The van der Waals surface area contributed by atoms with Gasteiger partial charge in [0, 0.05) is 18.2 Å². The van der Waals surface area contributed by atoms with Crippen LogP contribution >= 0.6 is 22.9 Å². The van der Waals surface area contributed by atoms with Crippen LogP contribution in [0, 0.1) is 0 Å². The van der Waals surface area contributed by atoms with Crippen LogP contribution in [-0.2, 0) is 17.8 Å². The molecule has 0 saturated heterocycles. The van der Waals surface area contributed by atoms with Gasteiger partial charge < -0.3 is 10.1 Å². The van der Waals surface area contributed by atoms with Crippen LogP contribution < -0.4 is 10.9 Å². The molecule has 102 valence electrons. The van der Waals surface area contributed by atoms with E-state index in [2.05, 4.69) is 15.4 Å². The lowest BCUT2D eigenvalue weighted by atomic mass is 10.4. The highest BCUT2D eigenvalue weighted by Gasteiger charge is 2.09. The van der Waals surface area contributed by atoms with Crippen LogP contribution in [-0.4, -0.2) is 28.5 Å². The molecule has 0 saturated carbocycles.